The van der Waals surface area contributed by atoms with Crippen molar-refractivity contribution in [2.24, 2.45) is 0 Å². The number of nitrogens with one attached hydrogen (secondary N) is 2. The van der Waals surface area contributed by atoms with Crippen molar-refractivity contribution < 1.29 is 19.1 Å². The number of rotatable bonds is 7. The summed E-state index contributed by atoms with van der Waals surface area (Å²) in [5, 5.41) is 9.52. The van der Waals surface area contributed by atoms with Crippen LogP contribution in [0.2, 0.25) is 0 Å². The number of ether oxygens (including phenoxy) is 1. The lowest BCUT2D eigenvalue weighted by atomic mass is 10.0. The number of carbonyl (C=O) groups excluding carboxylic acids is 3. The standard InChI is InChI=1S/C24H21N5O4/c1-15(30)16-6-9-20(10-7-16)33-14-22(31)27-24-26-21-11-8-19(13-29(21)28-24)17-4-3-5-18(12-17)23(32)25-2/h3-13H,14H2,1-2H3,(H,25,32)(H,27,28,31). The number of hydrogen-bond acceptors (Lipinski definition) is 6. The van der Waals surface area contributed by atoms with Gasteiger partial charge in [0.1, 0.15) is 5.75 Å². The third-order valence-electron chi connectivity index (χ3n) is 4.90. The quantitative estimate of drug-likeness (QED) is 0.425. The molecular weight excluding hydrogens is 422 g/mol. The van der Waals surface area contributed by atoms with E-state index in [4.69, 9.17) is 4.74 Å². The number of benzene rings is 2. The molecule has 33 heavy (non-hydrogen) atoms. The monoisotopic (exact) mass is 443 g/mol. The highest BCUT2D eigenvalue weighted by Crippen LogP contribution is 2.21. The van der Waals surface area contributed by atoms with Crippen LogP contribution in [0, 0.1) is 0 Å². The van der Waals surface area contributed by atoms with Gasteiger partial charge in [0.25, 0.3) is 11.8 Å². The third kappa shape index (κ3) is 5.04. The van der Waals surface area contributed by atoms with Crippen LogP contribution in [0.15, 0.2) is 66.9 Å². The van der Waals surface area contributed by atoms with Gasteiger partial charge in [-0.05, 0) is 61.0 Å². The van der Waals surface area contributed by atoms with Crippen molar-refractivity contribution in [1.82, 2.24) is 19.9 Å². The number of anilines is 1. The zero-order chi connectivity index (χ0) is 23.4. The van der Waals surface area contributed by atoms with Crippen LogP contribution in [-0.2, 0) is 4.79 Å². The summed E-state index contributed by atoms with van der Waals surface area (Å²) in [6.45, 7) is 1.25. The molecule has 4 rings (SSSR count). The predicted molar refractivity (Wildman–Crippen MR) is 122 cm³/mol. The molecule has 0 radical (unpaired) electrons. The number of pyridine rings is 1. The van der Waals surface area contributed by atoms with Crippen molar-refractivity contribution in [3.63, 3.8) is 0 Å². The Bertz CT molecular complexity index is 1340. The highest BCUT2D eigenvalue weighted by molar-refractivity contribution is 5.95. The van der Waals surface area contributed by atoms with Gasteiger partial charge >= 0.3 is 0 Å². The molecule has 2 aromatic heterocycles. The van der Waals surface area contributed by atoms with E-state index in [1.54, 1.807) is 60.2 Å². The molecule has 2 amide bonds. The Hall–Kier alpha value is -4.53. The molecule has 0 fully saturated rings. The molecule has 4 aromatic rings. The molecule has 0 atom stereocenters. The Morgan fingerprint density at radius 3 is 2.48 bits per heavy atom. The molecule has 9 nitrogen and oxygen atoms in total. The number of amides is 2. The normalized spacial score (nSPS) is 10.6. The SMILES string of the molecule is CNC(=O)c1cccc(-c2ccc3nc(NC(=O)COc4ccc(C(C)=O)cc4)nn3c2)c1. The van der Waals surface area contributed by atoms with Crippen molar-refractivity contribution >= 4 is 29.2 Å². The van der Waals surface area contributed by atoms with E-state index in [0.29, 0.717) is 22.5 Å². The summed E-state index contributed by atoms with van der Waals surface area (Å²) in [5.74, 6) is -0.00573. The van der Waals surface area contributed by atoms with Crippen molar-refractivity contribution in [1.29, 1.82) is 0 Å². The van der Waals surface area contributed by atoms with Crippen LogP contribution in [0.3, 0.4) is 0 Å². The molecule has 2 heterocycles. The Kier molecular flexibility index (Phi) is 6.12. The second kappa shape index (κ2) is 9.31. The zero-order valence-electron chi connectivity index (χ0n) is 18.0. The highest BCUT2D eigenvalue weighted by Gasteiger charge is 2.11. The molecule has 9 heteroatoms. The summed E-state index contributed by atoms with van der Waals surface area (Å²) in [4.78, 5) is 39.8. The summed E-state index contributed by atoms with van der Waals surface area (Å²) < 4.78 is 7.00. The first-order chi connectivity index (χ1) is 15.9. The first-order valence-corrected chi connectivity index (χ1v) is 10.2. The zero-order valence-corrected chi connectivity index (χ0v) is 18.0. The second-order valence-corrected chi connectivity index (χ2v) is 7.23. The van der Waals surface area contributed by atoms with E-state index in [-0.39, 0.29) is 24.2 Å². The topological polar surface area (TPSA) is 115 Å². The first-order valence-electron chi connectivity index (χ1n) is 10.2. The number of carbonyl (C=O) groups is 3. The van der Waals surface area contributed by atoms with E-state index >= 15 is 0 Å². The maximum Gasteiger partial charge on any atom is 0.264 e. The summed E-state index contributed by atoms with van der Waals surface area (Å²) in [5.41, 5.74) is 3.37. The van der Waals surface area contributed by atoms with Crippen LogP contribution in [0.25, 0.3) is 16.8 Å². The third-order valence-corrected chi connectivity index (χ3v) is 4.90. The van der Waals surface area contributed by atoms with Gasteiger partial charge in [-0.2, -0.15) is 4.98 Å². The molecular formula is C24H21N5O4. The molecule has 0 spiro atoms. The molecule has 0 bridgehead atoms. The van der Waals surface area contributed by atoms with Crippen molar-refractivity contribution in [3.05, 3.63) is 78.0 Å². The minimum atomic E-state index is -0.417. The van der Waals surface area contributed by atoms with Crippen molar-refractivity contribution in [2.45, 2.75) is 6.92 Å². The van der Waals surface area contributed by atoms with Crippen LogP contribution < -0.4 is 15.4 Å². The van der Waals surface area contributed by atoms with Gasteiger partial charge in [-0.3, -0.25) is 19.7 Å². The maximum atomic E-state index is 12.2. The average Bonchev–Trinajstić information content (AvgIpc) is 3.23. The predicted octanol–water partition coefficient (Wildman–Crippen LogP) is 2.98. The van der Waals surface area contributed by atoms with Gasteiger partial charge in [-0.25, -0.2) is 4.52 Å². The Morgan fingerprint density at radius 1 is 0.970 bits per heavy atom. The summed E-state index contributed by atoms with van der Waals surface area (Å²) in [7, 11) is 1.58. The lowest BCUT2D eigenvalue weighted by Gasteiger charge is -2.06. The van der Waals surface area contributed by atoms with E-state index in [1.165, 1.54) is 6.92 Å². The number of aromatic nitrogens is 3. The fourth-order valence-corrected chi connectivity index (χ4v) is 3.19. The van der Waals surface area contributed by atoms with Crippen molar-refractivity contribution in [3.8, 4) is 16.9 Å². The summed E-state index contributed by atoms with van der Waals surface area (Å²) in [6.07, 6.45) is 1.77. The average molecular weight is 443 g/mol. The summed E-state index contributed by atoms with van der Waals surface area (Å²) >= 11 is 0. The molecule has 0 aliphatic heterocycles. The molecule has 2 N–H and O–H groups in total. The Morgan fingerprint density at radius 2 is 1.76 bits per heavy atom. The van der Waals surface area contributed by atoms with Crippen LogP contribution >= 0.6 is 0 Å². The molecule has 166 valence electrons. The van der Waals surface area contributed by atoms with Crippen LogP contribution in [0.5, 0.6) is 5.75 Å². The van der Waals surface area contributed by atoms with Crippen molar-refractivity contribution in [2.75, 3.05) is 19.0 Å². The van der Waals surface area contributed by atoms with E-state index in [0.717, 1.165) is 11.1 Å². The number of hydrogen-bond donors (Lipinski definition) is 2. The molecule has 0 saturated carbocycles. The van der Waals surface area contributed by atoms with Crippen LogP contribution in [0.1, 0.15) is 27.6 Å². The van der Waals surface area contributed by atoms with E-state index in [9.17, 15) is 14.4 Å². The van der Waals surface area contributed by atoms with Gasteiger partial charge in [-0.15, -0.1) is 5.10 Å². The second-order valence-electron chi connectivity index (χ2n) is 7.23. The van der Waals surface area contributed by atoms with Gasteiger partial charge in [-0.1, -0.05) is 12.1 Å². The van der Waals surface area contributed by atoms with Gasteiger partial charge < -0.3 is 10.1 Å². The maximum absolute atomic E-state index is 12.2. The van der Waals surface area contributed by atoms with E-state index < -0.39 is 5.91 Å². The lowest BCUT2D eigenvalue weighted by Crippen LogP contribution is -2.20. The Balaban J connectivity index is 1.43. The minimum absolute atomic E-state index is 0.0421. The number of Topliss-reactive ketones (excluding diaryl/α,β-unsaturated/α-hetero) is 1. The largest absolute Gasteiger partial charge is 0.484 e. The van der Waals surface area contributed by atoms with Gasteiger partial charge in [0.15, 0.2) is 18.0 Å². The number of nitrogens with zero attached hydrogens (tertiary/aromatic N) is 3. The molecule has 0 saturated heterocycles. The van der Waals surface area contributed by atoms with Gasteiger partial charge in [0.2, 0.25) is 5.95 Å². The smallest absolute Gasteiger partial charge is 0.264 e. The molecule has 0 unspecified atom stereocenters. The van der Waals surface area contributed by atoms with Crippen LogP contribution in [0.4, 0.5) is 5.95 Å². The van der Waals surface area contributed by atoms with Crippen LogP contribution in [-0.4, -0.2) is 45.9 Å². The first kappa shape index (κ1) is 21.7. The number of fused-ring (bicyclic) bond motifs is 1. The van der Waals surface area contributed by atoms with E-state index in [1.807, 2.05) is 18.2 Å². The minimum Gasteiger partial charge on any atom is -0.484 e. The van der Waals surface area contributed by atoms with Gasteiger partial charge in [0, 0.05) is 29.9 Å². The molecule has 0 aliphatic rings. The highest BCUT2D eigenvalue weighted by atomic mass is 16.5. The van der Waals surface area contributed by atoms with E-state index in [2.05, 4.69) is 20.7 Å². The fraction of sp³-hybridized carbons (Fsp3) is 0.125. The summed E-state index contributed by atoms with van der Waals surface area (Å²) in [6, 6.07) is 17.4. The molecule has 0 aliphatic carbocycles. The number of ketones is 1. The fourth-order valence-electron chi connectivity index (χ4n) is 3.19. The molecule has 2 aromatic carbocycles. The van der Waals surface area contributed by atoms with Gasteiger partial charge in [0.05, 0.1) is 0 Å². The Labute approximate surface area is 189 Å². The lowest BCUT2D eigenvalue weighted by molar-refractivity contribution is -0.118.